The summed E-state index contributed by atoms with van der Waals surface area (Å²) in [6.45, 7) is 10.2. The summed E-state index contributed by atoms with van der Waals surface area (Å²) in [7, 11) is 2.64. The van der Waals surface area contributed by atoms with Gasteiger partial charge in [-0.25, -0.2) is 28.7 Å². The number of carbonyl (C=O) groups excluding carboxylic acids is 3. The topological polar surface area (TPSA) is 184 Å². The minimum Gasteiger partial charge on any atom is -0.337 e. The number of pyridine rings is 4. The fraction of sp³-hybridized carbons (Fsp3) is 0.226. The van der Waals surface area contributed by atoms with Crippen LogP contribution in [-0.2, 0) is 10.8 Å². The molecule has 8 aromatic heterocycles. The Morgan fingerprint density at radius 1 is 0.516 bits per heavy atom. The molecule has 1 unspecified atom stereocenters. The molecule has 474 valence electrons. The average molecular weight is 1440 g/mol. The van der Waals surface area contributed by atoms with Gasteiger partial charge in [0.1, 0.15) is 56.2 Å². The van der Waals surface area contributed by atoms with Gasteiger partial charge in [0.25, 0.3) is 17.7 Å². The molecule has 10 rings (SSSR count). The number of carbonyl (C=O) groups is 3. The number of halogens is 6. The lowest BCUT2D eigenvalue weighted by atomic mass is 10.3. The Balaban J connectivity index is 0.000000172. The number of amides is 3. The number of thioether (sulfide) groups is 1. The van der Waals surface area contributed by atoms with Gasteiger partial charge in [0.2, 0.25) is 0 Å². The second-order valence-corrected chi connectivity index (χ2v) is 27.7. The first-order valence-electron chi connectivity index (χ1n) is 27.7. The number of rotatable bonds is 20. The Kier molecular flexibility index (Phi) is 28.4. The summed E-state index contributed by atoms with van der Waals surface area (Å²) in [5.41, 5.74) is 4.46. The van der Waals surface area contributed by atoms with E-state index in [-0.39, 0.29) is 33.2 Å². The monoisotopic (exact) mass is 1440 g/mol. The van der Waals surface area contributed by atoms with Gasteiger partial charge in [-0.2, -0.15) is 11.8 Å². The van der Waals surface area contributed by atoms with Crippen LogP contribution in [0.2, 0.25) is 20.6 Å². The predicted molar refractivity (Wildman–Crippen MR) is 377 cm³/mol. The van der Waals surface area contributed by atoms with E-state index in [4.69, 9.17) is 58.6 Å². The van der Waals surface area contributed by atoms with Crippen molar-refractivity contribution in [1.82, 2.24) is 49.7 Å². The molecule has 1 atom stereocenters. The van der Waals surface area contributed by atoms with Crippen molar-refractivity contribution in [3.8, 4) is 42.3 Å². The van der Waals surface area contributed by atoms with Crippen molar-refractivity contribution >= 4 is 161 Å². The predicted octanol–water partition coefficient (Wildman–Crippen LogP) is 16.2. The summed E-state index contributed by atoms with van der Waals surface area (Å²) in [5, 5.41) is 3.31. The lowest BCUT2D eigenvalue weighted by Crippen LogP contribution is -2.34. The third-order valence-corrected chi connectivity index (χ3v) is 21.4. The van der Waals surface area contributed by atoms with Gasteiger partial charge in [-0.3, -0.25) is 38.5 Å². The average Bonchev–Trinajstić information content (AvgIpc) is 2.30. The van der Waals surface area contributed by atoms with Crippen LogP contribution in [0, 0.1) is 11.6 Å². The molecule has 0 spiro atoms. The molecule has 0 aliphatic heterocycles. The molecule has 0 saturated heterocycles. The molecule has 0 saturated carbocycles. The number of nitrogens with zero attached hydrogens (tertiary/aromatic N) is 12. The minimum absolute atomic E-state index is 0.0446. The van der Waals surface area contributed by atoms with Gasteiger partial charge in [0.15, 0.2) is 20.6 Å². The van der Waals surface area contributed by atoms with Crippen molar-refractivity contribution in [3.05, 3.63) is 198 Å². The molecule has 29 heteroatoms. The molecule has 16 nitrogen and oxygen atoms in total. The van der Waals surface area contributed by atoms with Crippen molar-refractivity contribution in [2.75, 3.05) is 73.1 Å². The van der Waals surface area contributed by atoms with Gasteiger partial charge in [-0.05, 0) is 80.3 Å². The first-order chi connectivity index (χ1) is 43.8. The highest BCUT2D eigenvalue weighted by atomic mass is 35.5. The Hall–Kier alpha value is -6.62. The van der Waals surface area contributed by atoms with E-state index < -0.39 is 22.4 Å². The van der Waals surface area contributed by atoms with Crippen molar-refractivity contribution in [1.29, 1.82) is 0 Å². The van der Waals surface area contributed by atoms with E-state index in [1.807, 2.05) is 134 Å². The van der Waals surface area contributed by atoms with Crippen LogP contribution in [0.25, 0.3) is 42.3 Å². The molecule has 0 radical (unpaired) electrons. The molecule has 91 heavy (non-hydrogen) atoms. The third kappa shape index (κ3) is 20.2. The first-order valence-corrected chi connectivity index (χ1v) is 35.5. The highest BCUT2D eigenvalue weighted by Gasteiger charge is 2.26. The molecule has 0 aliphatic rings. The number of hydrogen-bond donors (Lipinski definition) is 0. The van der Waals surface area contributed by atoms with Crippen LogP contribution in [0.4, 0.5) is 20.2 Å². The summed E-state index contributed by atoms with van der Waals surface area (Å²) < 4.78 is 38.2. The van der Waals surface area contributed by atoms with Gasteiger partial charge in [0, 0.05) is 139 Å². The van der Waals surface area contributed by atoms with Crippen LogP contribution >= 0.6 is 116 Å². The molecule has 0 bridgehead atoms. The fourth-order valence-electron chi connectivity index (χ4n) is 7.88. The normalized spacial score (nSPS) is 11.0. The van der Waals surface area contributed by atoms with E-state index in [0.29, 0.717) is 86.9 Å². The molecule has 0 N–H and O–H groups in total. The number of para-hydroxylation sites is 2. The molecular weight excluding hydrogens is 1380 g/mol. The molecule has 3 amide bonds. The van der Waals surface area contributed by atoms with Crippen LogP contribution < -0.4 is 9.80 Å². The van der Waals surface area contributed by atoms with Crippen LogP contribution in [0.1, 0.15) is 61.6 Å². The zero-order chi connectivity index (χ0) is 65.6. The zero-order valence-electron chi connectivity index (χ0n) is 49.6. The molecular formula is C62H58Cl4F2N12O4S7. The third-order valence-electron chi connectivity index (χ3n) is 12.7. The largest absolute Gasteiger partial charge is 0.337 e. The molecule has 8 heterocycles. The summed E-state index contributed by atoms with van der Waals surface area (Å²) >= 11 is 37.0. The number of thiazole rings is 4. The Labute approximate surface area is 574 Å². The fourth-order valence-corrected chi connectivity index (χ4v) is 14.6. The second kappa shape index (κ2) is 36.0. The van der Waals surface area contributed by atoms with Gasteiger partial charge < -0.3 is 19.6 Å². The van der Waals surface area contributed by atoms with Crippen molar-refractivity contribution in [2.45, 2.75) is 27.7 Å². The van der Waals surface area contributed by atoms with E-state index in [1.165, 1.54) is 57.2 Å². The van der Waals surface area contributed by atoms with Gasteiger partial charge in [-0.1, -0.05) is 109 Å². The first kappa shape index (κ1) is 71.8. The van der Waals surface area contributed by atoms with E-state index in [9.17, 15) is 27.4 Å². The minimum atomic E-state index is -0.899. The Bertz CT molecular complexity index is 3900. The highest BCUT2D eigenvalue weighted by molar-refractivity contribution is 7.99. The van der Waals surface area contributed by atoms with Crippen molar-refractivity contribution < 1.29 is 27.4 Å². The van der Waals surface area contributed by atoms with Crippen molar-refractivity contribution in [2.24, 2.45) is 0 Å². The van der Waals surface area contributed by atoms with Gasteiger partial charge in [-0.15, -0.1) is 45.3 Å². The number of thiocarbonyl (C=S) groups is 1. The maximum absolute atomic E-state index is 13.3. The van der Waals surface area contributed by atoms with E-state index in [1.54, 1.807) is 42.9 Å². The summed E-state index contributed by atoms with van der Waals surface area (Å²) in [4.78, 5) is 79.9. The van der Waals surface area contributed by atoms with Crippen LogP contribution in [0.5, 0.6) is 0 Å². The quantitative estimate of drug-likeness (QED) is 0.0518. The van der Waals surface area contributed by atoms with Crippen molar-refractivity contribution in [3.63, 3.8) is 0 Å². The number of hydrogen-bond acceptors (Lipinski definition) is 18. The Morgan fingerprint density at radius 3 is 1.32 bits per heavy atom. The lowest BCUT2D eigenvalue weighted by Gasteiger charge is -2.19. The standard InChI is InChI=1S/C16H11ClFN3OS.C16H11ClFN3S2.C15H18ClN3O2S2.C15H18ClN3OS2/c2*1-21(12-5-3-2-4-6-12)16(22)13-14(17)20-15(23-13)10-7-11(18)9-19-8-10;1-3-19(8-9-23(21)4-2)15(20)12-13(16)18-14(22-12)11-6-5-7-17-10-11;1-3-19(8-9-21-4-2)15(20)12-13(16)18-14(22-12)11-6-5-7-17-10-11/h2*2-9H,1H3;5-7,10H,3-4,8-9H2,1-2H3;5-7,10H,3-4,8-9H2,1-2H3. The van der Waals surface area contributed by atoms with E-state index >= 15 is 0 Å². The second-order valence-electron chi connectivity index (χ2n) is 18.6. The van der Waals surface area contributed by atoms with Crippen LogP contribution in [0.3, 0.4) is 0 Å². The maximum Gasteiger partial charge on any atom is 0.271 e. The molecule has 0 fully saturated rings. The number of anilines is 2. The zero-order valence-corrected chi connectivity index (χ0v) is 58.4. The Morgan fingerprint density at radius 2 is 0.912 bits per heavy atom. The number of benzene rings is 2. The van der Waals surface area contributed by atoms with Crippen LogP contribution in [-0.4, -0.2) is 140 Å². The van der Waals surface area contributed by atoms with E-state index in [2.05, 4.69) is 46.8 Å². The summed E-state index contributed by atoms with van der Waals surface area (Å²) in [6, 6.07) is 29.0. The van der Waals surface area contributed by atoms with Gasteiger partial charge >= 0.3 is 0 Å². The van der Waals surface area contributed by atoms with Gasteiger partial charge in [0.05, 0.1) is 12.4 Å². The lowest BCUT2D eigenvalue weighted by molar-refractivity contribution is 0.0771. The smallest absolute Gasteiger partial charge is 0.271 e. The van der Waals surface area contributed by atoms with E-state index in [0.717, 1.165) is 69.3 Å². The highest BCUT2D eigenvalue weighted by Crippen LogP contribution is 2.36. The number of aromatic nitrogens is 8. The summed E-state index contributed by atoms with van der Waals surface area (Å²) in [6.07, 6.45) is 12.1. The SMILES string of the molecule is CCN(CCS(=O)CC)C(=O)c1sc(-c2cccnc2)nc1Cl.CCSCCN(CC)C(=O)c1sc(-c2cccnc2)nc1Cl.CN(C(=O)c1sc(-c2cncc(F)c2)nc1Cl)c1ccccc1.CN(C(=S)c1sc(-c2cncc(F)c2)nc1Cl)c1ccccc1. The van der Waals surface area contributed by atoms with Crippen LogP contribution in [0.15, 0.2) is 147 Å². The summed E-state index contributed by atoms with van der Waals surface area (Å²) in [5.74, 6) is 1.69. The molecule has 10 aromatic rings. The molecule has 2 aromatic carbocycles. The molecule has 0 aliphatic carbocycles. The maximum atomic E-state index is 13.3.